The molecule has 0 aliphatic heterocycles. The lowest BCUT2D eigenvalue weighted by Gasteiger charge is -2.12. The van der Waals surface area contributed by atoms with Gasteiger partial charge in [-0.1, -0.05) is 22.9 Å². The molecule has 3 N–H and O–H groups in total. The van der Waals surface area contributed by atoms with Crippen LogP contribution in [-0.2, 0) is 6.42 Å². The van der Waals surface area contributed by atoms with Gasteiger partial charge in [0.15, 0.2) is 0 Å². The number of benzene rings is 1. The molecule has 2 aromatic rings. The van der Waals surface area contributed by atoms with E-state index in [-0.39, 0.29) is 0 Å². The second-order valence-corrected chi connectivity index (χ2v) is 5.19. The molecule has 5 nitrogen and oxygen atoms in total. The summed E-state index contributed by atoms with van der Waals surface area (Å²) in [6.07, 6.45) is 0.697. The van der Waals surface area contributed by atoms with Crippen molar-refractivity contribution in [2.75, 3.05) is 11.1 Å². The summed E-state index contributed by atoms with van der Waals surface area (Å²) in [6.45, 7) is 3.81. The summed E-state index contributed by atoms with van der Waals surface area (Å²) in [5.74, 6) is 1.75. The first-order chi connectivity index (χ1) is 9.55. The average Bonchev–Trinajstić information content (AvgIpc) is 2.44. The molecule has 20 heavy (non-hydrogen) atoms. The summed E-state index contributed by atoms with van der Waals surface area (Å²) in [6, 6.07) is 7.55. The molecule has 0 fully saturated rings. The number of nitriles is 1. The van der Waals surface area contributed by atoms with E-state index in [1.807, 2.05) is 26.0 Å². The number of nitrogens with one attached hydrogen (secondary N) is 1. The number of halogens is 1. The lowest BCUT2D eigenvalue weighted by atomic mass is 10.2. The first kappa shape index (κ1) is 14.3. The molecule has 0 unspecified atom stereocenters. The second-order valence-electron chi connectivity index (χ2n) is 4.28. The lowest BCUT2D eigenvalue weighted by molar-refractivity contribution is 0.940. The Labute approximate surface area is 126 Å². The highest BCUT2D eigenvalue weighted by molar-refractivity contribution is 9.10. The van der Waals surface area contributed by atoms with Gasteiger partial charge >= 0.3 is 0 Å². The maximum Gasteiger partial charge on any atom is 0.139 e. The molecule has 0 spiro atoms. The Bertz CT molecular complexity index is 691. The molecule has 0 aliphatic carbocycles. The molecule has 1 aromatic carbocycles. The van der Waals surface area contributed by atoms with Gasteiger partial charge in [0, 0.05) is 16.5 Å². The van der Waals surface area contributed by atoms with E-state index in [0.717, 1.165) is 10.0 Å². The van der Waals surface area contributed by atoms with Crippen LogP contribution in [-0.4, -0.2) is 9.97 Å². The summed E-state index contributed by atoms with van der Waals surface area (Å²) in [4.78, 5) is 8.63. The van der Waals surface area contributed by atoms with E-state index in [0.29, 0.717) is 35.1 Å². The zero-order valence-electron chi connectivity index (χ0n) is 11.2. The van der Waals surface area contributed by atoms with Crippen molar-refractivity contribution < 1.29 is 0 Å². The highest BCUT2D eigenvalue weighted by Crippen LogP contribution is 2.26. The third-order valence-corrected chi connectivity index (χ3v) is 3.39. The first-order valence-electron chi connectivity index (χ1n) is 6.14. The molecule has 0 atom stereocenters. The fourth-order valence-electron chi connectivity index (χ4n) is 1.71. The van der Waals surface area contributed by atoms with Crippen molar-refractivity contribution in [3.8, 4) is 6.07 Å². The Morgan fingerprint density at radius 1 is 1.40 bits per heavy atom. The number of aromatic nitrogens is 2. The summed E-state index contributed by atoms with van der Waals surface area (Å²) in [5, 5.41) is 12.3. The fraction of sp³-hybridized carbons (Fsp3) is 0.214. The normalized spacial score (nSPS) is 10.1. The van der Waals surface area contributed by atoms with Gasteiger partial charge in [0.2, 0.25) is 0 Å². The van der Waals surface area contributed by atoms with Crippen LogP contribution in [0.4, 0.5) is 17.3 Å². The van der Waals surface area contributed by atoms with Crippen molar-refractivity contribution in [2.45, 2.75) is 20.3 Å². The van der Waals surface area contributed by atoms with Crippen molar-refractivity contribution >= 4 is 33.3 Å². The van der Waals surface area contributed by atoms with Gasteiger partial charge in [0.05, 0.1) is 11.3 Å². The Kier molecular flexibility index (Phi) is 4.20. The molecule has 0 aliphatic rings. The first-order valence-corrected chi connectivity index (χ1v) is 6.94. The van der Waals surface area contributed by atoms with Gasteiger partial charge in [-0.15, -0.1) is 0 Å². The molecule has 0 saturated carbocycles. The van der Waals surface area contributed by atoms with Gasteiger partial charge in [0.25, 0.3) is 0 Å². The van der Waals surface area contributed by atoms with Gasteiger partial charge in [-0.3, -0.25) is 0 Å². The minimum Gasteiger partial charge on any atom is -0.383 e. The van der Waals surface area contributed by atoms with E-state index in [2.05, 4.69) is 37.3 Å². The van der Waals surface area contributed by atoms with E-state index >= 15 is 0 Å². The van der Waals surface area contributed by atoms with Crippen molar-refractivity contribution in [3.05, 3.63) is 39.6 Å². The van der Waals surface area contributed by atoms with Crippen molar-refractivity contribution in [3.63, 3.8) is 0 Å². The fourth-order valence-corrected chi connectivity index (χ4v) is 2.07. The molecule has 6 heteroatoms. The van der Waals surface area contributed by atoms with Crippen molar-refractivity contribution in [2.24, 2.45) is 0 Å². The second kappa shape index (κ2) is 5.88. The number of hydrogen-bond acceptors (Lipinski definition) is 5. The minimum atomic E-state index is 0.452. The Morgan fingerprint density at radius 2 is 2.15 bits per heavy atom. The third-order valence-electron chi connectivity index (χ3n) is 2.90. The Hall–Kier alpha value is -2.13. The summed E-state index contributed by atoms with van der Waals surface area (Å²) in [5.41, 5.74) is 7.88. The number of rotatable bonds is 3. The number of nitrogens with zero attached hydrogens (tertiary/aromatic N) is 3. The maximum atomic E-state index is 9.15. The van der Waals surface area contributed by atoms with Gasteiger partial charge < -0.3 is 11.1 Å². The maximum absolute atomic E-state index is 9.15. The van der Waals surface area contributed by atoms with Crippen LogP contribution in [0.3, 0.4) is 0 Å². The highest BCUT2D eigenvalue weighted by Gasteiger charge is 2.10. The van der Waals surface area contributed by atoms with Gasteiger partial charge in [-0.2, -0.15) is 5.26 Å². The van der Waals surface area contributed by atoms with Gasteiger partial charge in [-0.25, -0.2) is 9.97 Å². The molecule has 0 saturated heterocycles. The van der Waals surface area contributed by atoms with Gasteiger partial charge in [-0.05, 0) is 25.1 Å². The highest BCUT2D eigenvalue weighted by atomic mass is 79.9. The Balaban J connectivity index is 2.47. The monoisotopic (exact) mass is 331 g/mol. The van der Waals surface area contributed by atoms with Crippen LogP contribution in [0.1, 0.15) is 23.9 Å². The zero-order valence-corrected chi connectivity index (χ0v) is 12.8. The third kappa shape index (κ3) is 2.89. The number of anilines is 3. The predicted molar refractivity (Wildman–Crippen MR) is 82.7 cm³/mol. The van der Waals surface area contributed by atoms with Crippen molar-refractivity contribution in [1.82, 2.24) is 9.97 Å². The quantitative estimate of drug-likeness (QED) is 0.900. The van der Waals surface area contributed by atoms with E-state index in [1.54, 1.807) is 6.07 Å². The lowest BCUT2D eigenvalue weighted by Crippen LogP contribution is -2.07. The van der Waals surface area contributed by atoms with E-state index in [1.165, 1.54) is 0 Å². The topological polar surface area (TPSA) is 87.6 Å². The van der Waals surface area contributed by atoms with Crippen LogP contribution in [0.2, 0.25) is 0 Å². The molecule has 2 rings (SSSR count). The summed E-state index contributed by atoms with van der Waals surface area (Å²) < 4.78 is 0.884. The van der Waals surface area contributed by atoms with Crippen LogP contribution < -0.4 is 11.1 Å². The summed E-state index contributed by atoms with van der Waals surface area (Å²) >= 11 is 3.39. The van der Waals surface area contributed by atoms with Crippen LogP contribution in [0, 0.1) is 18.3 Å². The van der Waals surface area contributed by atoms with E-state index in [4.69, 9.17) is 11.0 Å². The smallest absolute Gasteiger partial charge is 0.139 e. The molecular formula is C14H14BrN5. The number of nitrogens with two attached hydrogens (primary N) is 1. The Morgan fingerprint density at radius 3 is 2.80 bits per heavy atom. The van der Waals surface area contributed by atoms with Crippen LogP contribution >= 0.6 is 15.9 Å². The molecule has 1 heterocycles. The van der Waals surface area contributed by atoms with E-state index in [9.17, 15) is 0 Å². The SMILES string of the molecule is CCc1nc(N)c(C)c(Nc2cc(Br)ccc2C#N)n1. The molecule has 0 amide bonds. The van der Waals surface area contributed by atoms with Crippen molar-refractivity contribution in [1.29, 1.82) is 5.26 Å². The standard InChI is InChI=1S/C14H14BrN5/c1-3-12-19-13(17)8(2)14(20-12)18-11-6-10(15)5-4-9(11)7-16/h4-6H,3H2,1-2H3,(H3,17,18,19,20). The van der Waals surface area contributed by atoms with Crippen LogP contribution in [0.25, 0.3) is 0 Å². The molecule has 102 valence electrons. The minimum absolute atomic E-state index is 0.452. The molecule has 0 bridgehead atoms. The molecular weight excluding hydrogens is 318 g/mol. The molecule has 0 radical (unpaired) electrons. The van der Waals surface area contributed by atoms with Crippen LogP contribution in [0.5, 0.6) is 0 Å². The summed E-state index contributed by atoms with van der Waals surface area (Å²) in [7, 11) is 0. The van der Waals surface area contributed by atoms with E-state index < -0.39 is 0 Å². The molecule has 1 aromatic heterocycles. The predicted octanol–water partition coefficient (Wildman–Crippen LogP) is 3.31. The average molecular weight is 332 g/mol. The van der Waals surface area contributed by atoms with Crippen LogP contribution in [0.15, 0.2) is 22.7 Å². The number of aryl methyl sites for hydroxylation is 1. The largest absolute Gasteiger partial charge is 0.383 e. The number of hydrogen-bond donors (Lipinski definition) is 2. The van der Waals surface area contributed by atoms with Gasteiger partial charge in [0.1, 0.15) is 23.5 Å². The number of nitrogen functional groups attached to an aromatic ring is 1. The zero-order chi connectivity index (χ0) is 14.7.